The van der Waals surface area contributed by atoms with E-state index in [2.05, 4.69) is 158 Å². The average Bonchev–Trinajstić information content (AvgIpc) is 3.80. The zero-order valence-corrected chi connectivity index (χ0v) is 30.7. The van der Waals surface area contributed by atoms with Crippen molar-refractivity contribution in [3.8, 4) is 67.7 Å². The van der Waals surface area contributed by atoms with Gasteiger partial charge in [0.05, 0.1) is 16.8 Å². The van der Waals surface area contributed by atoms with Gasteiger partial charge in [0.25, 0.3) is 0 Å². The number of furan rings is 1. The summed E-state index contributed by atoms with van der Waals surface area (Å²) in [5, 5.41) is 2.19. The molecule has 0 amide bonds. The topological polar surface area (TPSA) is 48.2 Å². The van der Waals surface area contributed by atoms with E-state index in [4.69, 9.17) is 19.1 Å². The fourth-order valence-electron chi connectivity index (χ4n) is 9.32. The van der Waals surface area contributed by atoms with Gasteiger partial charge in [0.2, 0.25) is 0 Å². The zero-order valence-electron chi connectivity index (χ0n) is 30.7. The average molecular weight is 729 g/mol. The maximum atomic E-state index is 6.88. The van der Waals surface area contributed by atoms with Crippen LogP contribution in [0, 0.1) is 0 Å². The molecule has 0 unspecified atom stereocenters. The summed E-state index contributed by atoms with van der Waals surface area (Å²) >= 11 is 0. The number of fused-ring (bicyclic) bond motifs is 12. The predicted octanol–water partition coefficient (Wildman–Crippen LogP) is 13.5. The highest BCUT2D eigenvalue weighted by Gasteiger charge is 2.50. The van der Waals surface area contributed by atoms with Crippen molar-refractivity contribution < 1.29 is 9.15 Å². The van der Waals surface area contributed by atoms with Crippen LogP contribution >= 0.6 is 0 Å². The van der Waals surface area contributed by atoms with Crippen molar-refractivity contribution in [2.24, 2.45) is 0 Å². The second kappa shape index (κ2) is 12.2. The zero-order chi connectivity index (χ0) is 37.5. The van der Waals surface area contributed by atoms with Crippen LogP contribution in [0.2, 0.25) is 0 Å². The van der Waals surface area contributed by atoms with E-state index in [1.54, 1.807) is 0 Å². The summed E-state index contributed by atoms with van der Waals surface area (Å²) in [5.74, 6) is 2.38. The first-order valence-electron chi connectivity index (χ1n) is 19.3. The Morgan fingerprint density at radius 2 is 0.947 bits per heavy atom. The van der Waals surface area contributed by atoms with Gasteiger partial charge >= 0.3 is 0 Å². The molecule has 0 radical (unpaired) electrons. The number of para-hydroxylation sites is 2. The summed E-state index contributed by atoms with van der Waals surface area (Å²) in [5.41, 5.74) is 15.2. The highest BCUT2D eigenvalue weighted by molar-refractivity contribution is 6.06. The molecule has 4 nitrogen and oxygen atoms in total. The van der Waals surface area contributed by atoms with Crippen molar-refractivity contribution in [1.29, 1.82) is 0 Å². The number of benzene rings is 8. The van der Waals surface area contributed by atoms with Crippen molar-refractivity contribution in [3.63, 3.8) is 0 Å². The molecule has 1 aliphatic heterocycles. The van der Waals surface area contributed by atoms with Crippen molar-refractivity contribution in [2.45, 2.75) is 5.41 Å². The van der Waals surface area contributed by atoms with Crippen LogP contribution in [0.3, 0.4) is 0 Å². The highest BCUT2D eigenvalue weighted by Crippen LogP contribution is 2.62. The summed E-state index contributed by atoms with van der Waals surface area (Å²) in [6.07, 6.45) is 0. The number of hydrogen-bond acceptors (Lipinski definition) is 4. The maximum absolute atomic E-state index is 6.88. The molecule has 266 valence electrons. The maximum Gasteiger partial charge on any atom is 0.160 e. The third-order valence-electron chi connectivity index (χ3n) is 11.8. The Labute approximate surface area is 329 Å². The van der Waals surface area contributed by atoms with Gasteiger partial charge in [-0.05, 0) is 69.8 Å². The van der Waals surface area contributed by atoms with E-state index in [-0.39, 0.29) is 0 Å². The molecule has 8 aromatic carbocycles. The quantitative estimate of drug-likeness (QED) is 0.181. The van der Waals surface area contributed by atoms with Gasteiger partial charge in [-0.3, -0.25) is 0 Å². The van der Waals surface area contributed by atoms with Crippen LogP contribution in [0.25, 0.3) is 78.1 Å². The Kier molecular flexibility index (Phi) is 6.81. The fraction of sp³-hybridized carbons (Fsp3) is 0.0189. The first kappa shape index (κ1) is 31.8. The van der Waals surface area contributed by atoms with E-state index in [0.717, 1.165) is 83.8 Å². The van der Waals surface area contributed by atoms with Crippen molar-refractivity contribution >= 4 is 21.9 Å². The lowest BCUT2D eigenvalue weighted by molar-refractivity contribution is 0.436. The lowest BCUT2D eigenvalue weighted by atomic mass is 9.66. The molecule has 0 N–H and O–H groups in total. The minimum absolute atomic E-state index is 0.511. The molecule has 0 saturated heterocycles. The number of hydrogen-bond donors (Lipinski definition) is 0. The molecule has 57 heavy (non-hydrogen) atoms. The van der Waals surface area contributed by atoms with Crippen LogP contribution in [0.5, 0.6) is 11.5 Å². The molecule has 0 bridgehead atoms. The predicted molar refractivity (Wildman–Crippen MR) is 228 cm³/mol. The molecule has 4 heteroatoms. The van der Waals surface area contributed by atoms with E-state index in [1.807, 2.05) is 36.4 Å². The second-order valence-electron chi connectivity index (χ2n) is 14.8. The fourth-order valence-corrected chi connectivity index (χ4v) is 9.32. The van der Waals surface area contributed by atoms with Crippen LogP contribution < -0.4 is 4.74 Å². The number of nitrogens with zero attached hydrogens (tertiary/aromatic N) is 2. The van der Waals surface area contributed by atoms with Gasteiger partial charge in [-0.25, -0.2) is 9.97 Å². The third-order valence-corrected chi connectivity index (χ3v) is 11.8. The standard InChI is InChI=1S/C53H32N2O2/c1-2-14-33(15-3-1)52-54-46(35-26-28-41-40-20-8-12-24-48(40)56-50(41)31-35)32-47(55-52)39-19-5-4-16-36(39)34-27-29-45-51(30-34)57-49-25-13-11-23-44(49)53(45)42-21-9-6-17-37(42)38-18-7-10-22-43(38)53/h1-32H. The summed E-state index contributed by atoms with van der Waals surface area (Å²) in [6.45, 7) is 0. The van der Waals surface area contributed by atoms with Crippen molar-refractivity contribution in [3.05, 3.63) is 216 Å². The minimum atomic E-state index is -0.511. The summed E-state index contributed by atoms with van der Waals surface area (Å²) < 4.78 is 13.2. The molecular weight excluding hydrogens is 697 g/mol. The molecule has 1 spiro atoms. The van der Waals surface area contributed by atoms with Crippen LogP contribution in [0.1, 0.15) is 22.3 Å². The molecule has 0 atom stereocenters. The molecule has 0 saturated carbocycles. The first-order valence-corrected chi connectivity index (χ1v) is 19.3. The van der Waals surface area contributed by atoms with Gasteiger partial charge in [-0.15, -0.1) is 0 Å². The van der Waals surface area contributed by atoms with Crippen molar-refractivity contribution in [1.82, 2.24) is 9.97 Å². The summed E-state index contributed by atoms with van der Waals surface area (Å²) in [7, 11) is 0. The molecule has 3 heterocycles. The summed E-state index contributed by atoms with van der Waals surface area (Å²) in [6, 6.07) is 68.2. The van der Waals surface area contributed by atoms with E-state index in [9.17, 15) is 0 Å². The Bertz CT molecular complexity index is 3190. The van der Waals surface area contributed by atoms with E-state index in [1.165, 1.54) is 22.3 Å². The molecule has 1 aliphatic carbocycles. The monoisotopic (exact) mass is 728 g/mol. The Hall–Kier alpha value is -7.56. The molecule has 2 aliphatic rings. The van der Waals surface area contributed by atoms with Gasteiger partial charge in [0.1, 0.15) is 22.7 Å². The van der Waals surface area contributed by atoms with E-state index >= 15 is 0 Å². The number of aromatic nitrogens is 2. The van der Waals surface area contributed by atoms with Gasteiger partial charge in [0.15, 0.2) is 5.82 Å². The first-order chi connectivity index (χ1) is 28.2. The molecule has 12 rings (SSSR count). The third kappa shape index (κ3) is 4.68. The molecule has 10 aromatic rings. The number of rotatable bonds is 4. The Morgan fingerprint density at radius 3 is 1.75 bits per heavy atom. The Balaban J connectivity index is 1.04. The lowest BCUT2D eigenvalue weighted by Gasteiger charge is -2.39. The van der Waals surface area contributed by atoms with Gasteiger partial charge in [-0.2, -0.15) is 0 Å². The van der Waals surface area contributed by atoms with Crippen LogP contribution in [-0.2, 0) is 5.41 Å². The van der Waals surface area contributed by atoms with Crippen LogP contribution in [0.4, 0.5) is 0 Å². The summed E-state index contributed by atoms with van der Waals surface area (Å²) in [4.78, 5) is 10.4. The van der Waals surface area contributed by atoms with Crippen LogP contribution in [0.15, 0.2) is 199 Å². The molecule has 0 fully saturated rings. The SMILES string of the molecule is c1ccc(-c2nc(-c3ccc4c(c3)oc3ccccc34)cc(-c3ccccc3-c3ccc4c(c3)Oc3ccccc3C43c4ccccc4-c4ccccc43)n2)cc1. The van der Waals surface area contributed by atoms with Gasteiger partial charge < -0.3 is 9.15 Å². The molecule has 2 aromatic heterocycles. The van der Waals surface area contributed by atoms with Gasteiger partial charge in [0, 0.05) is 38.6 Å². The van der Waals surface area contributed by atoms with E-state index < -0.39 is 5.41 Å². The lowest BCUT2D eigenvalue weighted by Crippen LogP contribution is -2.32. The minimum Gasteiger partial charge on any atom is -0.457 e. The molecular formula is C53H32N2O2. The highest BCUT2D eigenvalue weighted by atomic mass is 16.5. The smallest absolute Gasteiger partial charge is 0.160 e. The van der Waals surface area contributed by atoms with Crippen molar-refractivity contribution in [2.75, 3.05) is 0 Å². The Morgan fingerprint density at radius 1 is 0.351 bits per heavy atom. The normalized spacial score (nSPS) is 13.2. The van der Waals surface area contributed by atoms with Gasteiger partial charge in [-0.1, -0.05) is 158 Å². The van der Waals surface area contributed by atoms with E-state index in [0.29, 0.717) is 5.82 Å². The largest absolute Gasteiger partial charge is 0.457 e. The second-order valence-corrected chi connectivity index (χ2v) is 14.8. The number of ether oxygens (including phenoxy) is 1. The van der Waals surface area contributed by atoms with Crippen LogP contribution in [-0.4, -0.2) is 9.97 Å².